The van der Waals surface area contributed by atoms with E-state index in [1.807, 2.05) is 0 Å². The van der Waals surface area contributed by atoms with Crippen LogP contribution in [0.4, 0.5) is 0 Å². The summed E-state index contributed by atoms with van der Waals surface area (Å²) in [4.78, 5) is 11.0. The molecule has 5 heteroatoms. The molecule has 0 radical (unpaired) electrons. The molecule has 18 heavy (non-hydrogen) atoms. The molecule has 0 bridgehead atoms. The van der Waals surface area contributed by atoms with Crippen molar-refractivity contribution in [3.63, 3.8) is 0 Å². The number of carbonyl (C=O) groups excluding carboxylic acids is 1. The predicted octanol–water partition coefficient (Wildman–Crippen LogP) is 2.12. The summed E-state index contributed by atoms with van der Waals surface area (Å²) in [6.45, 7) is 5.78. The summed E-state index contributed by atoms with van der Waals surface area (Å²) in [5.74, 6) is -0.0723. The third kappa shape index (κ3) is 5.05. The van der Waals surface area contributed by atoms with Crippen LogP contribution in [0.3, 0.4) is 0 Å². The van der Waals surface area contributed by atoms with Crippen molar-refractivity contribution in [1.29, 1.82) is 0 Å². The normalized spacial score (nSPS) is 23.9. The topological polar surface area (TPSA) is 50.4 Å². The van der Waals surface area contributed by atoms with E-state index in [0.717, 1.165) is 25.7 Å². The lowest BCUT2D eigenvalue weighted by Gasteiger charge is -2.32. The monoisotopic (exact) mass is 272 g/mol. The first-order valence-electron chi connectivity index (χ1n) is 6.70. The van der Waals surface area contributed by atoms with Gasteiger partial charge < -0.3 is 4.74 Å². The molecule has 0 aliphatic heterocycles. The van der Waals surface area contributed by atoms with Crippen LogP contribution in [0, 0.1) is 0 Å². The average molecular weight is 272 g/mol. The van der Waals surface area contributed by atoms with Gasteiger partial charge in [-0.3, -0.25) is 10.2 Å². The van der Waals surface area contributed by atoms with E-state index in [2.05, 4.69) is 40.0 Å². The molecule has 1 amide bonds. The standard InChI is InChI=1S/C13H25N2O2P/c1-4-10(5-2)17-13-8-11(18)6-7-12(13)15-14-9(3)16/h8,10,12-13,15H,4-7,18H2,1-3H3,(H,14,16)/t12-,13-/m1/s1. The highest BCUT2D eigenvalue weighted by atomic mass is 31.0. The number of hydrogen-bond donors (Lipinski definition) is 2. The molecule has 2 N–H and O–H groups in total. The SMILES string of the molecule is CCC(CC)O[C@@H]1C=C(P)CC[C@H]1NNC(C)=O. The van der Waals surface area contributed by atoms with E-state index in [-0.39, 0.29) is 24.2 Å². The van der Waals surface area contributed by atoms with Crippen LogP contribution in [0.25, 0.3) is 0 Å². The molecule has 0 saturated carbocycles. The Bertz CT molecular complexity index is 303. The van der Waals surface area contributed by atoms with E-state index in [9.17, 15) is 4.79 Å². The minimum atomic E-state index is -0.0723. The largest absolute Gasteiger partial charge is 0.369 e. The predicted molar refractivity (Wildman–Crippen MR) is 77.0 cm³/mol. The van der Waals surface area contributed by atoms with Crippen molar-refractivity contribution in [1.82, 2.24) is 10.9 Å². The Morgan fingerprint density at radius 2 is 2.22 bits per heavy atom. The Kier molecular flexibility index (Phi) is 6.83. The second-order valence-corrected chi connectivity index (χ2v) is 5.49. The van der Waals surface area contributed by atoms with Gasteiger partial charge in [0.05, 0.1) is 18.2 Å². The maximum Gasteiger partial charge on any atom is 0.230 e. The van der Waals surface area contributed by atoms with E-state index < -0.39 is 0 Å². The minimum absolute atomic E-state index is 0.0306. The highest BCUT2D eigenvalue weighted by Gasteiger charge is 2.26. The second kappa shape index (κ2) is 7.88. The molecule has 0 aromatic rings. The summed E-state index contributed by atoms with van der Waals surface area (Å²) >= 11 is 0. The van der Waals surface area contributed by atoms with E-state index in [1.165, 1.54) is 12.2 Å². The van der Waals surface area contributed by atoms with Crippen LogP contribution in [0.2, 0.25) is 0 Å². The van der Waals surface area contributed by atoms with Crippen LogP contribution in [0.15, 0.2) is 11.4 Å². The zero-order valence-corrected chi connectivity index (χ0v) is 12.7. The number of hydrazine groups is 1. The molecular formula is C13H25N2O2P. The summed E-state index contributed by atoms with van der Waals surface area (Å²) in [6.07, 6.45) is 6.48. The van der Waals surface area contributed by atoms with E-state index in [1.54, 1.807) is 0 Å². The average Bonchev–Trinajstić information content (AvgIpc) is 2.34. The molecule has 1 aliphatic rings. The first-order chi connectivity index (χ1) is 8.56. The van der Waals surface area contributed by atoms with Crippen LogP contribution in [0.5, 0.6) is 0 Å². The fourth-order valence-corrected chi connectivity index (χ4v) is 2.44. The van der Waals surface area contributed by atoms with Gasteiger partial charge in [0.25, 0.3) is 0 Å². The summed E-state index contributed by atoms with van der Waals surface area (Å²) < 4.78 is 6.10. The van der Waals surface area contributed by atoms with Gasteiger partial charge >= 0.3 is 0 Å². The Labute approximate surface area is 112 Å². The number of nitrogens with one attached hydrogen (secondary N) is 2. The molecule has 0 aromatic carbocycles. The molecule has 1 unspecified atom stereocenters. The maximum atomic E-state index is 11.0. The van der Waals surface area contributed by atoms with Gasteiger partial charge in [-0.2, -0.15) is 0 Å². The summed E-state index contributed by atoms with van der Waals surface area (Å²) in [7, 11) is 2.76. The number of rotatable bonds is 6. The van der Waals surface area contributed by atoms with Gasteiger partial charge in [0.1, 0.15) is 0 Å². The van der Waals surface area contributed by atoms with Crippen molar-refractivity contribution in [2.75, 3.05) is 0 Å². The van der Waals surface area contributed by atoms with Gasteiger partial charge in [-0.1, -0.05) is 25.2 Å². The number of amides is 1. The van der Waals surface area contributed by atoms with Crippen molar-refractivity contribution >= 4 is 15.1 Å². The van der Waals surface area contributed by atoms with Crippen molar-refractivity contribution in [2.45, 2.75) is 64.7 Å². The molecule has 1 aliphatic carbocycles. The van der Waals surface area contributed by atoms with Gasteiger partial charge in [0.2, 0.25) is 5.91 Å². The molecule has 1 rings (SSSR count). The first kappa shape index (κ1) is 15.6. The fourth-order valence-electron chi connectivity index (χ4n) is 2.08. The smallest absolute Gasteiger partial charge is 0.230 e. The van der Waals surface area contributed by atoms with Crippen LogP contribution >= 0.6 is 9.24 Å². The van der Waals surface area contributed by atoms with Gasteiger partial charge in [-0.25, -0.2) is 5.43 Å². The highest BCUT2D eigenvalue weighted by Crippen LogP contribution is 2.26. The van der Waals surface area contributed by atoms with E-state index in [0.29, 0.717) is 0 Å². The van der Waals surface area contributed by atoms with Crippen molar-refractivity contribution in [3.05, 3.63) is 11.4 Å². The molecule has 0 spiro atoms. The third-order valence-corrected chi connectivity index (χ3v) is 3.69. The highest BCUT2D eigenvalue weighted by molar-refractivity contribution is 7.22. The van der Waals surface area contributed by atoms with E-state index >= 15 is 0 Å². The molecule has 0 aromatic heterocycles. The molecular weight excluding hydrogens is 247 g/mol. The fraction of sp³-hybridized carbons (Fsp3) is 0.769. The van der Waals surface area contributed by atoms with Gasteiger partial charge in [-0.15, -0.1) is 9.24 Å². The van der Waals surface area contributed by atoms with Crippen LogP contribution < -0.4 is 10.9 Å². The van der Waals surface area contributed by atoms with Crippen molar-refractivity contribution in [3.8, 4) is 0 Å². The number of allylic oxidation sites excluding steroid dienone is 1. The summed E-state index contributed by atoms with van der Waals surface area (Å²) in [5, 5.41) is 1.28. The maximum absolute atomic E-state index is 11.0. The first-order valence-corrected chi connectivity index (χ1v) is 7.28. The molecule has 0 saturated heterocycles. The summed E-state index contributed by atoms with van der Waals surface area (Å²) in [5.41, 5.74) is 5.73. The minimum Gasteiger partial charge on any atom is -0.369 e. The lowest BCUT2D eigenvalue weighted by molar-refractivity contribution is -0.120. The van der Waals surface area contributed by atoms with Crippen molar-refractivity contribution in [2.24, 2.45) is 0 Å². The zero-order chi connectivity index (χ0) is 13.5. The van der Waals surface area contributed by atoms with Crippen LogP contribution in [-0.2, 0) is 9.53 Å². The van der Waals surface area contributed by atoms with Crippen LogP contribution in [0.1, 0.15) is 46.5 Å². The molecule has 104 valence electrons. The quantitative estimate of drug-likeness (QED) is 0.575. The third-order valence-electron chi connectivity index (χ3n) is 3.21. The Hall–Kier alpha value is -0.440. The van der Waals surface area contributed by atoms with Gasteiger partial charge in [0.15, 0.2) is 0 Å². The summed E-state index contributed by atoms with van der Waals surface area (Å²) in [6, 6.07) is 0.152. The molecule has 0 fully saturated rings. The lowest BCUT2D eigenvalue weighted by atomic mass is 9.99. The van der Waals surface area contributed by atoms with Crippen LogP contribution in [-0.4, -0.2) is 24.2 Å². The van der Waals surface area contributed by atoms with E-state index in [4.69, 9.17) is 4.74 Å². The number of hydrogen-bond acceptors (Lipinski definition) is 3. The number of ether oxygens (including phenoxy) is 1. The lowest BCUT2D eigenvalue weighted by Crippen LogP contribution is -2.51. The van der Waals surface area contributed by atoms with Gasteiger partial charge in [-0.05, 0) is 25.7 Å². The number of carbonyl (C=O) groups is 1. The Morgan fingerprint density at radius 1 is 1.56 bits per heavy atom. The van der Waals surface area contributed by atoms with Crippen molar-refractivity contribution < 1.29 is 9.53 Å². The zero-order valence-electron chi connectivity index (χ0n) is 11.5. The molecule has 3 atom stereocenters. The molecule has 4 nitrogen and oxygen atoms in total. The Morgan fingerprint density at radius 3 is 2.78 bits per heavy atom. The molecule has 0 heterocycles. The van der Waals surface area contributed by atoms with Gasteiger partial charge in [0, 0.05) is 6.92 Å². The second-order valence-electron chi connectivity index (χ2n) is 4.75. The Balaban J connectivity index is 2.61.